The summed E-state index contributed by atoms with van der Waals surface area (Å²) in [6, 6.07) is 17.0. The number of amides is 2. The topological polar surface area (TPSA) is 116 Å². The second-order valence-electron chi connectivity index (χ2n) is 10.4. The van der Waals surface area contributed by atoms with Gasteiger partial charge >= 0.3 is 5.97 Å². The van der Waals surface area contributed by atoms with E-state index in [9.17, 15) is 19.5 Å². The molecule has 198 valence electrons. The van der Waals surface area contributed by atoms with E-state index in [4.69, 9.17) is 5.73 Å². The summed E-state index contributed by atoms with van der Waals surface area (Å²) in [7, 11) is 0. The monoisotopic (exact) mass is 506 g/mol. The first-order chi connectivity index (χ1) is 17.8. The highest BCUT2D eigenvalue weighted by Gasteiger charge is 2.45. The van der Waals surface area contributed by atoms with Crippen LogP contribution in [0.5, 0.6) is 0 Å². The molecule has 0 aliphatic carbocycles. The van der Waals surface area contributed by atoms with E-state index in [0.717, 1.165) is 30.4 Å². The first kappa shape index (κ1) is 26.8. The van der Waals surface area contributed by atoms with E-state index >= 15 is 0 Å². The molecule has 0 spiro atoms. The minimum absolute atomic E-state index is 0.0776. The Labute approximate surface area is 218 Å². The Kier molecular flexibility index (Phi) is 8.95. The van der Waals surface area contributed by atoms with Gasteiger partial charge in [0.15, 0.2) is 0 Å². The quantitative estimate of drug-likeness (QED) is 0.456. The minimum Gasteiger partial charge on any atom is -0.481 e. The van der Waals surface area contributed by atoms with Crippen molar-refractivity contribution in [3.8, 4) is 0 Å². The fourth-order valence-electron chi connectivity index (χ4n) is 5.60. The number of aliphatic carboxylic acids is 1. The van der Waals surface area contributed by atoms with Crippen LogP contribution in [-0.2, 0) is 27.3 Å². The molecular formula is C29H38N4O4. The summed E-state index contributed by atoms with van der Waals surface area (Å²) in [5.41, 5.74) is 9.65. The number of nitrogens with two attached hydrogens (primary N) is 1. The Hall–Kier alpha value is -3.23. The molecule has 2 amide bonds. The molecule has 0 saturated carbocycles. The summed E-state index contributed by atoms with van der Waals surface area (Å²) in [6.07, 6.45) is 2.96. The van der Waals surface area contributed by atoms with Crippen LogP contribution in [0.25, 0.3) is 0 Å². The van der Waals surface area contributed by atoms with Crippen molar-refractivity contribution in [1.29, 1.82) is 0 Å². The molecule has 8 nitrogen and oxygen atoms in total. The van der Waals surface area contributed by atoms with Crippen molar-refractivity contribution in [1.82, 2.24) is 15.1 Å². The number of rotatable bonds is 10. The molecule has 2 fully saturated rings. The maximum absolute atomic E-state index is 13.8. The molecule has 1 unspecified atom stereocenters. The average molecular weight is 507 g/mol. The van der Waals surface area contributed by atoms with Crippen molar-refractivity contribution in [2.45, 2.75) is 76.2 Å². The molecule has 4 N–H and O–H groups in total. The number of benzene rings is 2. The van der Waals surface area contributed by atoms with Crippen molar-refractivity contribution in [3.05, 3.63) is 71.3 Å². The molecular weight excluding hydrogens is 468 g/mol. The molecule has 0 bridgehead atoms. The molecule has 4 rings (SSSR count). The predicted octanol–water partition coefficient (Wildman–Crippen LogP) is 2.48. The van der Waals surface area contributed by atoms with E-state index in [1.807, 2.05) is 49.4 Å². The average Bonchev–Trinajstić information content (AvgIpc) is 3.23. The van der Waals surface area contributed by atoms with Crippen LogP contribution in [0.1, 0.15) is 48.8 Å². The van der Waals surface area contributed by atoms with Gasteiger partial charge in [-0.3, -0.25) is 19.3 Å². The smallest absolute Gasteiger partial charge is 0.303 e. The molecule has 2 aliphatic heterocycles. The van der Waals surface area contributed by atoms with Crippen molar-refractivity contribution in [3.63, 3.8) is 0 Å². The van der Waals surface area contributed by atoms with E-state index in [1.54, 1.807) is 4.90 Å². The number of hydrogen-bond donors (Lipinski definition) is 3. The number of carbonyl (C=O) groups excluding carboxylic acids is 2. The highest BCUT2D eigenvalue weighted by atomic mass is 16.4. The molecule has 2 aromatic carbocycles. The summed E-state index contributed by atoms with van der Waals surface area (Å²) in [5, 5.41) is 12.3. The predicted molar refractivity (Wildman–Crippen MR) is 142 cm³/mol. The highest BCUT2D eigenvalue weighted by molar-refractivity contribution is 5.90. The van der Waals surface area contributed by atoms with Crippen LogP contribution in [0.15, 0.2) is 54.6 Å². The van der Waals surface area contributed by atoms with E-state index in [1.165, 1.54) is 5.56 Å². The summed E-state index contributed by atoms with van der Waals surface area (Å²) >= 11 is 0. The van der Waals surface area contributed by atoms with Crippen LogP contribution >= 0.6 is 0 Å². The molecule has 0 radical (unpaired) electrons. The Morgan fingerprint density at radius 3 is 2.54 bits per heavy atom. The Bertz CT molecular complexity index is 1080. The first-order valence-electron chi connectivity index (χ1n) is 13.2. The summed E-state index contributed by atoms with van der Waals surface area (Å²) in [4.78, 5) is 42.4. The van der Waals surface area contributed by atoms with Crippen LogP contribution in [-0.4, -0.2) is 69.9 Å². The highest BCUT2D eigenvalue weighted by Crippen LogP contribution is 2.30. The number of nitrogens with zero attached hydrogens (tertiary/aromatic N) is 2. The second kappa shape index (κ2) is 12.3. The van der Waals surface area contributed by atoms with E-state index in [2.05, 4.69) is 22.3 Å². The zero-order valence-electron chi connectivity index (χ0n) is 21.5. The van der Waals surface area contributed by atoms with Crippen LogP contribution in [0.4, 0.5) is 0 Å². The van der Waals surface area contributed by atoms with Crippen LogP contribution in [0.2, 0.25) is 0 Å². The standard InChI is InChI=1S/C29H38N4O4/c1-20-7-9-22(10-8-20)18-31-28(36)25(13-14-27(34)35)32-16-15-24(12-11-21-5-3-2-4-6-21)33-19-23(30)17-26(33)29(32)37/h2-10,23-26H,11-19,30H2,1H3,(H,31,36)(H,34,35)/t23-,24?,25-,26+/m1/s1. The van der Waals surface area contributed by atoms with Gasteiger partial charge in [-0.05, 0) is 50.2 Å². The maximum atomic E-state index is 13.8. The number of hydrogen-bond acceptors (Lipinski definition) is 5. The SMILES string of the molecule is Cc1ccc(CNC(=O)[C@@H](CCC(=O)O)N2CCC(CCc3ccccc3)N3C[C@H](N)C[C@H]3C2=O)cc1. The van der Waals surface area contributed by atoms with Crippen LogP contribution in [0.3, 0.4) is 0 Å². The number of carboxylic acids is 1. The third kappa shape index (κ3) is 6.96. The van der Waals surface area contributed by atoms with Gasteiger partial charge in [-0.2, -0.15) is 0 Å². The van der Waals surface area contributed by atoms with Crippen molar-refractivity contribution >= 4 is 17.8 Å². The van der Waals surface area contributed by atoms with Crippen LogP contribution in [0, 0.1) is 6.92 Å². The van der Waals surface area contributed by atoms with Crippen LogP contribution < -0.4 is 11.1 Å². The van der Waals surface area contributed by atoms with Gasteiger partial charge < -0.3 is 21.1 Å². The third-order valence-corrected chi connectivity index (χ3v) is 7.62. The van der Waals surface area contributed by atoms with Gasteiger partial charge in [0.25, 0.3) is 0 Å². The zero-order valence-corrected chi connectivity index (χ0v) is 21.5. The fourth-order valence-corrected chi connectivity index (χ4v) is 5.60. The Balaban J connectivity index is 1.50. The molecule has 2 aliphatic rings. The number of nitrogens with one attached hydrogen (secondary N) is 1. The summed E-state index contributed by atoms with van der Waals surface area (Å²) < 4.78 is 0. The van der Waals surface area contributed by atoms with Gasteiger partial charge in [0.1, 0.15) is 6.04 Å². The number of carboxylic acid groups (broad SMARTS) is 1. The lowest BCUT2D eigenvalue weighted by Crippen LogP contribution is -2.53. The Morgan fingerprint density at radius 2 is 1.84 bits per heavy atom. The molecule has 8 heteroatoms. The van der Waals surface area contributed by atoms with Gasteiger partial charge in [0.05, 0.1) is 6.04 Å². The molecule has 2 aromatic rings. The normalized spacial score (nSPS) is 22.8. The van der Waals surface area contributed by atoms with Gasteiger partial charge in [-0.1, -0.05) is 60.2 Å². The van der Waals surface area contributed by atoms with Gasteiger partial charge in [0, 0.05) is 38.1 Å². The lowest BCUT2D eigenvalue weighted by atomic mass is 10.0. The van der Waals surface area contributed by atoms with Gasteiger partial charge in [-0.25, -0.2) is 0 Å². The molecule has 2 heterocycles. The largest absolute Gasteiger partial charge is 0.481 e. The van der Waals surface area contributed by atoms with Crippen molar-refractivity contribution in [2.75, 3.05) is 13.1 Å². The van der Waals surface area contributed by atoms with Gasteiger partial charge in [-0.15, -0.1) is 0 Å². The zero-order chi connectivity index (χ0) is 26.4. The number of fused-ring (bicyclic) bond motifs is 1. The number of aryl methyl sites for hydroxylation is 2. The fraction of sp³-hybridized carbons (Fsp3) is 0.483. The van der Waals surface area contributed by atoms with E-state index < -0.39 is 12.0 Å². The van der Waals surface area contributed by atoms with E-state index in [-0.39, 0.29) is 42.8 Å². The van der Waals surface area contributed by atoms with Crippen molar-refractivity contribution in [2.24, 2.45) is 5.73 Å². The number of carbonyl (C=O) groups is 3. The summed E-state index contributed by atoms with van der Waals surface area (Å²) in [6.45, 7) is 3.40. The Morgan fingerprint density at radius 1 is 1.11 bits per heavy atom. The molecule has 4 atom stereocenters. The lowest BCUT2D eigenvalue weighted by molar-refractivity contribution is -0.144. The second-order valence-corrected chi connectivity index (χ2v) is 10.4. The summed E-state index contributed by atoms with van der Waals surface area (Å²) in [5.74, 6) is -1.41. The molecule has 0 aromatic heterocycles. The minimum atomic E-state index is -0.983. The molecule has 2 saturated heterocycles. The van der Waals surface area contributed by atoms with E-state index in [0.29, 0.717) is 26.1 Å². The van der Waals surface area contributed by atoms with Gasteiger partial charge in [0.2, 0.25) is 11.8 Å². The lowest BCUT2D eigenvalue weighted by Gasteiger charge is -2.32. The maximum Gasteiger partial charge on any atom is 0.303 e. The first-order valence-corrected chi connectivity index (χ1v) is 13.2. The molecule has 37 heavy (non-hydrogen) atoms. The third-order valence-electron chi connectivity index (χ3n) is 7.62. The van der Waals surface area contributed by atoms with Crippen molar-refractivity contribution < 1.29 is 19.5 Å².